The molecule has 3 rings (SSSR count). The molecular formula is C19H20N2O5S. The molecule has 2 aromatic carbocycles. The van der Waals surface area contributed by atoms with Gasteiger partial charge in [-0.2, -0.15) is 0 Å². The lowest BCUT2D eigenvalue weighted by Gasteiger charge is -2.14. The van der Waals surface area contributed by atoms with Crippen LogP contribution in [0, 0.1) is 6.92 Å². The van der Waals surface area contributed by atoms with Crippen molar-refractivity contribution in [3.63, 3.8) is 0 Å². The van der Waals surface area contributed by atoms with E-state index in [1.54, 1.807) is 42.5 Å². The molecule has 1 N–H and O–H groups in total. The molecule has 27 heavy (non-hydrogen) atoms. The van der Waals surface area contributed by atoms with Crippen molar-refractivity contribution < 1.29 is 22.7 Å². The number of nitrogens with one attached hydrogen (secondary N) is 1. The van der Waals surface area contributed by atoms with Crippen molar-refractivity contribution >= 4 is 21.8 Å². The molecule has 7 nitrogen and oxygen atoms in total. The third-order valence-electron chi connectivity index (χ3n) is 4.38. The van der Waals surface area contributed by atoms with Gasteiger partial charge >= 0.3 is 0 Å². The maximum atomic E-state index is 12.4. The number of fused-ring (bicyclic) bond motifs is 1. The number of imide groups is 1. The van der Waals surface area contributed by atoms with Crippen molar-refractivity contribution in [3.05, 3.63) is 64.7 Å². The van der Waals surface area contributed by atoms with Crippen LogP contribution in [-0.4, -0.2) is 44.5 Å². The summed E-state index contributed by atoms with van der Waals surface area (Å²) in [5.74, 6) is -0.712. The van der Waals surface area contributed by atoms with Gasteiger partial charge in [0.15, 0.2) is 0 Å². The van der Waals surface area contributed by atoms with Crippen LogP contribution >= 0.6 is 0 Å². The van der Waals surface area contributed by atoms with Gasteiger partial charge in [0, 0.05) is 18.7 Å². The van der Waals surface area contributed by atoms with Crippen molar-refractivity contribution in [2.45, 2.75) is 13.5 Å². The number of para-hydroxylation sites is 1. The molecule has 0 saturated carbocycles. The number of hydrogen-bond acceptors (Lipinski definition) is 5. The summed E-state index contributed by atoms with van der Waals surface area (Å²) >= 11 is 0. The predicted octanol–water partition coefficient (Wildman–Crippen LogP) is 1.72. The highest BCUT2D eigenvalue weighted by molar-refractivity contribution is 7.89. The normalized spacial score (nSPS) is 13.8. The fraction of sp³-hybridized carbons (Fsp3) is 0.263. The Morgan fingerprint density at radius 2 is 1.74 bits per heavy atom. The SMILES string of the molecule is COc1ccccc1CNS(=O)(=O)CCN1C(=O)c2ccc(C)cc2C1=O. The second-order valence-corrected chi connectivity index (χ2v) is 8.19. The van der Waals surface area contributed by atoms with Crippen LogP contribution < -0.4 is 9.46 Å². The molecule has 0 spiro atoms. The van der Waals surface area contributed by atoms with Gasteiger partial charge in [0.25, 0.3) is 11.8 Å². The van der Waals surface area contributed by atoms with Gasteiger partial charge in [0.2, 0.25) is 10.0 Å². The second-order valence-electron chi connectivity index (χ2n) is 6.26. The summed E-state index contributed by atoms with van der Waals surface area (Å²) in [5, 5.41) is 0. The first-order valence-electron chi connectivity index (χ1n) is 8.38. The lowest BCUT2D eigenvalue weighted by molar-refractivity contribution is 0.0664. The molecule has 0 fully saturated rings. The number of ether oxygens (including phenoxy) is 1. The molecule has 8 heteroatoms. The fourth-order valence-corrected chi connectivity index (χ4v) is 3.87. The molecule has 0 bridgehead atoms. The zero-order valence-corrected chi connectivity index (χ0v) is 15.9. The monoisotopic (exact) mass is 388 g/mol. The Morgan fingerprint density at radius 3 is 2.48 bits per heavy atom. The van der Waals surface area contributed by atoms with E-state index < -0.39 is 21.8 Å². The first kappa shape index (κ1) is 19.1. The van der Waals surface area contributed by atoms with Crippen LogP contribution in [0.5, 0.6) is 5.75 Å². The molecule has 0 aromatic heterocycles. The van der Waals surface area contributed by atoms with Crippen molar-refractivity contribution in [1.29, 1.82) is 0 Å². The number of carbonyl (C=O) groups excluding carboxylic acids is 2. The summed E-state index contributed by atoms with van der Waals surface area (Å²) in [6.07, 6.45) is 0. The number of benzene rings is 2. The molecule has 2 aromatic rings. The molecule has 0 atom stereocenters. The van der Waals surface area contributed by atoms with Gasteiger partial charge in [0.05, 0.1) is 24.0 Å². The Balaban J connectivity index is 1.64. The number of hydrogen-bond donors (Lipinski definition) is 1. The van der Waals surface area contributed by atoms with Crippen LogP contribution in [0.3, 0.4) is 0 Å². The third-order valence-corrected chi connectivity index (χ3v) is 5.69. The van der Waals surface area contributed by atoms with E-state index in [9.17, 15) is 18.0 Å². The van der Waals surface area contributed by atoms with Gasteiger partial charge in [-0.15, -0.1) is 0 Å². The van der Waals surface area contributed by atoms with E-state index in [0.29, 0.717) is 22.4 Å². The van der Waals surface area contributed by atoms with Crippen LogP contribution in [0.25, 0.3) is 0 Å². The number of aryl methyl sites for hydroxylation is 1. The summed E-state index contributed by atoms with van der Waals surface area (Å²) in [5.41, 5.74) is 2.19. The molecular weight excluding hydrogens is 368 g/mol. The van der Waals surface area contributed by atoms with Crippen LogP contribution in [0.2, 0.25) is 0 Å². The number of carbonyl (C=O) groups is 2. The zero-order chi connectivity index (χ0) is 19.6. The van der Waals surface area contributed by atoms with E-state index in [1.165, 1.54) is 7.11 Å². The molecule has 0 radical (unpaired) electrons. The van der Waals surface area contributed by atoms with Crippen LogP contribution in [-0.2, 0) is 16.6 Å². The van der Waals surface area contributed by atoms with Crippen molar-refractivity contribution in [2.75, 3.05) is 19.4 Å². The van der Waals surface area contributed by atoms with E-state index >= 15 is 0 Å². The van der Waals surface area contributed by atoms with E-state index in [-0.39, 0.29) is 18.8 Å². The summed E-state index contributed by atoms with van der Waals surface area (Å²) < 4.78 is 32.3. The fourth-order valence-electron chi connectivity index (χ4n) is 2.93. The second kappa shape index (κ2) is 7.50. The quantitative estimate of drug-likeness (QED) is 0.729. The molecule has 0 saturated heterocycles. The molecule has 142 valence electrons. The Labute approximate surface area is 158 Å². The molecule has 1 aliphatic heterocycles. The number of methoxy groups -OCH3 is 1. The molecule has 0 aliphatic carbocycles. The van der Waals surface area contributed by atoms with Crippen LogP contribution in [0.15, 0.2) is 42.5 Å². The Morgan fingerprint density at radius 1 is 1.04 bits per heavy atom. The van der Waals surface area contributed by atoms with Gasteiger partial charge in [-0.1, -0.05) is 29.8 Å². The minimum atomic E-state index is -3.69. The standard InChI is InChI=1S/C19H20N2O5S/c1-13-7-8-15-16(11-13)19(23)21(18(15)22)9-10-27(24,25)20-12-14-5-3-4-6-17(14)26-2/h3-8,11,20H,9-10,12H2,1-2H3. The molecule has 1 heterocycles. The summed E-state index contributed by atoms with van der Waals surface area (Å²) in [7, 11) is -2.18. The van der Waals surface area contributed by atoms with E-state index in [1.807, 2.05) is 6.92 Å². The maximum Gasteiger partial charge on any atom is 0.261 e. The number of nitrogens with zero attached hydrogens (tertiary/aromatic N) is 1. The van der Waals surface area contributed by atoms with E-state index in [2.05, 4.69) is 4.72 Å². The average Bonchev–Trinajstić information content (AvgIpc) is 2.88. The topological polar surface area (TPSA) is 92.8 Å². The highest BCUT2D eigenvalue weighted by Crippen LogP contribution is 2.23. The Bertz CT molecular complexity index is 1000. The van der Waals surface area contributed by atoms with E-state index in [0.717, 1.165) is 10.5 Å². The van der Waals surface area contributed by atoms with E-state index in [4.69, 9.17) is 4.74 Å². The predicted molar refractivity (Wildman–Crippen MR) is 100 cm³/mol. The van der Waals surface area contributed by atoms with Gasteiger partial charge < -0.3 is 4.74 Å². The molecule has 0 unspecified atom stereocenters. The number of amides is 2. The van der Waals surface area contributed by atoms with Crippen molar-refractivity contribution in [1.82, 2.24) is 9.62 Å². The van der Waals surface area contributed by atoms with Crippen LogP contribution in [0.4, 0.5) is 0 Å². The minimum Gasteiger partial charge on any atom is -0.496 e. The summed E-state index contributed by atoms with van der Waals surface area (Å²) in [6.45, 7) is 1.69. The summed E-state index contributed by atoms with van der Waals surface area (Å²) in [4.78, 5) is 25.8. The highest BCUT2D eigenvalue weighted by Gasteiger charge is 2.35. The zero-order valence-electron chi connectivity index (χ0n) is 15.1. The minimum absolute atomic E-state index is 0.0632. The van der Waals surface area contributed by atoms with Crippen molar-refractivity contribution in [3.8, 4) is 5.75 Å². The molecule has 1 aliphatic rings. The maximum absolute atomic E-state index is 12.4. The Hall–Kier alpha value is -2.71. The first-order valence-corrected chi connectivity index (χ1v) is 10.0. The Kier molecular flexibility index (Phi) is 5.29. The first-order chi connectivity index (χ1) is 12.8. The lowest BCUT2D eigenvalue weighted by atomic mass is 10.1. The average molecular weight is 388 g/mol. The van der Waals surface area contributed by atoms with Gasteiger partial charge in [0.1, 0.15) is 5.75 Å². The van der Waals surface area contributed by atoms with Gasteiger partial charge in [-0.05, 0) is 25.1 Å². The van der Waals surface area contributed by atoms with Gasteiger partial charge in [-0.3, -0.25) is 14.5 Å². The molecule has 2 amide bonds. The number of rotatable bonds is 7. The summed E-state index contributed by atoms with van der Waals surface area (Å²) in [6, 6.07) is 12.1. The van der Waals surface area contributed by atoms with Crippen molar-refractivity contribution in [2.24, 2.45) is 0 Å². The van der Waals surface area contributed by atoms with Gasteiger partial charge in [-0.25, -0.2) is 13.1 Å². The number of sulfonamides is 1. The highest BCUT2D eigenvalue weighted by atomic mass is 32.2. The largest absolute Gasteiger partial charge is 0.496 e. The lowest BCUT2D eigenvalue weighted by Crippen LogP contribution is -2.37. The third kappa shape index (κ3) is 4.01. The smallest absolute Gasteiger partial charge is 0.261 e. The van der Waals surface area contributed by atoms with Crippen LogP contribution in [0.1, 0.15) is 31.8 Å².